The van der Waals surface area contributed by atoms with Crippen molar-refractivity contribution in [3.63, 3.8) is 0 Å². The first-order valence-corrected chi connectivity index (χ1v) is 23.7. The van der Waals surface area contributed by atoms with Gasteiger partial charge in [0.1, 0.15) is 0 Å². The molecule has 0 aliphatic carbocycles. The third kappa shape index (κ3) is 9.47. The monoisotopic (exact) mass is 879 g/mol. The van der Waals surface area contributed by atoms with Crippen LogP contribution in [0.25, 0.3) is 49.7 Å². The molecule has 3 heteroatoms. The van der Waals surface area contributed by atoms with Gasteiger partial charge in [0.2, 0.25) is 0 Å². The van der Waals surface area contributed by atoms with E-state index in [-0.39, 0.29) is 0 Å². The summed E-state index contributed by atoms with van der Waals surface area (Å²) in [6.45, 7) is 10.5. The predicted molar refractivity (Wildman–Crippen MR) is 293 cm³/mol. The zero-order valence-electron chi connectivity index (χ0n) is 39.6. The molecule has 1 heterocycles. The van der Waals surface area contributed by atoms with Gasteiger partial charge in [-0.1, -0.05) is 183 Å². The molecule has 3 nitrogen and oxygen atoms in total. The van der Waals surface area contributed by atoms with Crippen molar-refractivity contribution in [3.8, 4) is 27.9 Å². The molecule has 0 aliphatic heterocycles. The van der Waals surface area contributed by atoms with Crippen LogP contribution < -0.4 is 9.80 Å². The van der Waals surface area contributed by atoms with E-state index in [0.29, 0.717) is 0 Å². The Morgan fingerprint density at radius 2 is 0.706 bits per heavy atom. The van der Waals surface area contributed by atoms with Crippen molar-refractivity contribution < 1.29 is 0 Å². The fourth-order valence-corrected chi connectivity index (χ4v) is 9.11. The first-order valence-electron chi connectivity index (χ1n) is 23.7. The molecule has 11 aromatic rings. The van der Waals surface area contributed by atoms with E-state index in [0.717, 1.165) is 45.4 Å². The Balaban J connectivity index is 0.000000584. The van der Waals surface area contributed by atoms with Crippen molar-refractivity contribution >= 4 is 55.9 Å². The van der Waals surface area contributed by atoms with Crippen LogP contribution in [-0.2, 0) is 0 Å². The highest BCUT2D eigenvalue weighted by Crippen LogP contribution is 2.41. The number of aromatic nitrogens is 1. The Labute approximate surface area is 402 Å². The molecular formula is C65H57N3. The quantitative estimate of drug-likeness (QED) is 0.143. The van der Waals surface area contributed by atoms with Crippen molar-refractivity contribution in [2.75, 3.05) is 9.80 Å². The predicted octanol–water partition coefficient (Wildman–Crippen LogP) is 18.7. The number of benzene rings is 10. The fraction of sp³-hybridized carbons (Fsp3) is 0.0769. The number of rotatable bonds is 9. The van der Waals surface area contributed by atoms with Crippen LogP contribution in [-0.4, -0.2) is 4.57 Å². The molecule has 11 rings (SSSR count). The molecule has 0 bridgehead atoms. The van der Waals surface area contributed by atoms with Crippen LogP contribution in [0, 0.1) is 20.8 Å². The highest BCUT2D eigenvalue weighted by molar-refractivity contribution is 6.10. The van der Waals surface area contributed by atoms with Gasteiger partial charge in [-0.3, -0.25) is 0 Å². The number of anilines is 6. The second kappa shape index (κ2) is 20.8. The third-order valence-electron chi connectivity index (χ3n) is 12.4. The van der Waals surface area contributed by atoms with Crippen molar-refractivity contribution in [2.45, 2.75) is 34.6 Å². The van der Waals surface area contributed by atoms with Gasteiger partial charge >= 0.3 is 0 Å². The highest BCUT2D eigenvalue weighted by atomic mass is 15.1. The summed E-state index contributed by atoms with van der Waals surface area (Å²) in [6.07, 6.45) is 0. The zero-order chi connectivity index (χ0) is 46.8. The Hall–Kier alpha value is -8.40. The van der Waals surface area contributed by atoms with Crippen LogP contribution >= 0.6 is 0 Å². The standard InChI is InChI=1S/C56H43N3.C7H8.C2H6/c1-40-16-12-13-23-51(40)52-36-34-49(38-41(52)2)57(44-17-6-3-7-18-44)47-30-26-42(27-31-47)43-28-32-48(33-29-43)58(45-19-8-4-9-20-45)50-35-37-54-53-24-14-15-25-55(53)59(56(54)39-50)46-21-10-5-11-22-46;1-7-5-3-2-4-6-7;1-2/h3-39H,1-2H3;2-6H,1H3;1-2H3. The van der Waals surface area contributed by atoms with Crippen molar-refractivity contribution in [3.05, 3.63) is 271 Å². The van der Waals surface area contributed by atoms with Gasteiger partial charge in [0.25, 0.3) is 0 Å². The molecule has 10 aromatic carbocycles. The summed E-state index contributed by atoms with van der Waals surface area (Å²) in [4.78, 5) is 4.69. The molecule has 68 heavy (non-hydrogen) atoms. The summed E-state index contributed by atoms with van der Waals surface area (Å²) >= 11 is 0. The summed E-state index contributed by atoms with van der Waals surface area (Å²) in [5, 5.41) is 2.48. The normalized spacial score (nSPS) is 10.7. The average Bonchev–Trinajstić information content (AvgIpc) is 3.73. The Kier molecular flexibility index (Phi) is 13.7. The summed E-state index contributed by atoms with van der Waals surface area (Å²) in [6, 6.07) is 91.1. The minimum absolute atomic E-state index is 1.10. The van der Waals surface area contributed by atoms with E-state index < -0.39 is 0 Å². The van der Waals surface area contributed by atoms with E-state index in [9.17, 15) is 0 Å². The van der Waals surface area contributed by atoms with Gasteiger partial charge in [-0.15, -0.1) is 0 Å². The maximum atomic E-state index is 2.38. The number of fused-ring (bicyclic) bond motifs is 3. The van der Waals surface area contributed by atoms with E-state index in [4.69, 9.17) is 0 Å². The summed E-state index contributed by atoms with van der Waals surface area (Å²) < 4.78 is 2.38. The number of hydrogen-bond donors (Lipinski definition) is 0. The van der Waals surface area contributed by atoms with E-state index in [1.807, 2.05) is 32.0 Å². The maximum Gasteiger partial charge on any atom is 0.0561 e. The lowest BCUT2D eigenvalue weighted by Gasteiger charge is -2.27. The van der Waals surface area contributed by atoms with Crippen LogP contribution in [0.3, 0.4) is 0 Å². The van der Waals surface area contributed by atoms with Gasteiger partial charge in [0.15, 0.2) is 0 Å². The van der Waals surface area contributed by atoms with Gasteiger partial charge < -0.3 is 14.4 Å². The van der Waals surface area contributed by atoms with Gasteiger partial charge in [0.05, 0.1) is 11.0 Å². The number of nitrogens with zero attached hydrogens (tertiary/aromatic N) is 3. The number of hydrogen-bond acceptors (Lipinski definition) is 2. The fourth-order valence-electron chi connectivity index (χ4n) is 9.11. The lowest BCUT2D eigenvalue weighted by atomic mass is 9.96. The third-order valence-corrected chi connectivity index (χ3v) is 12.4. The lowest BCUT2D eigenvalue weighted by molar-refractivity contribution is 1.18. The van der Waals surface area contributed by atoms with Gasteiger partial charge in [-0.2, -0.15) is 0 Å². The van der Waals surface area contributed by atoms with Crippen LogP contribution in [0.2, 0.25) is 0 Å². The van der Waals surface area contributed by atoms with E-state index in [2.05, 4.69) is 272 Å². The molecule has 0 N–H and O–H groups in total. The lowest BCUT2D eigenvalue weighted by Crippen LogP contribution is -2.10. The van der Waals surface area contributed by atoms with Crippen LogP contribution in [0.1, 0.15) is 30.5 Å². The van der Waals surface area contributed by atoms with Crippen LogP contribution in [0.15, 0.2) is 255 Å². The van der Waals surface area contributed by atoms with Gasteiger partial charge in [-0.05, 0) is 145 Å². The first-order chi connectivity index (χ1) is 33.5. The van der Waals surface area contributed by atoms with Crippen molar-refractivity contribution in [2.24, 2.45) is 0 Å². The van der Waals surface area contributed by atoms with E-state index >= 15 is 0 Å². The van der Waals surface area contributed by atoms with Crippen molar-refractivity contribution in [1.29, 1.82) is 0 Å². The highest BCUT2D eigenvalue weighted by Gasteiger charge is 2.19. The van der Waals surface area contributed by atoms with Gasteiger partial charge in [0, 0.05) is 50.6 Å². The SMILES string of the molecule is CC.Cc1ccccc1.Cc1ccccc1-c1ccc(N(c2ccccc2)c2ccc(-c3ccc(N(c4ccccc4)c4ccc5c6ccccc6n(-c6ccccc6)c5c4)cc3)cc2)cc1C. The summed E-state index contributed by atoms with van der Waals surface area (Å²) in [5.74, 6) is 0. The molecule has 0 aliphatic rings. The molecule has 0 radical (unpaired) electrons. The van der Waals surface area contributed by atoms with Crippen molar-refractivity contribution in [1.82, 2.24) is 4.57 Å². The van der Waals surface area contributed by atoms with Crippen LogP contribution in [0.5, 0.6) is 0 Å². The molecule has 0 spiro atoms. The second-order valence-electron chi connectivity index (χ2n) is 16.8. The second-order valence-corrected chi connectivity index (χ2v) is 16.8. The Bertz CT molecular complexity index is 3360. The smallest absolute Gasteiger partial charge is 0.0561 e. The molecule has 0 unspecified atom stereocenters. The minimum Gasteiger partial charge on any atom is -0.310 e. The number of aryl methyl sites for hydroxylation is 3. The topological polar surface area (TPSA) is 11.4 Å². The Morgan fingerprint density at radius 3 is 1.24 bits per heavy atom. The molecule has 0 amide bonds. The molecular weight excluding hydrogens is 823 g/mol. The summed E-state index contributed by atoms with van der Waals surface area (Å²) in [5.41, 5.74) is 18.9. The number of para-hydroxylation sites is 4. The van der Waals surface area contributed by atoms with E-state index in [1.54, 1.807) is 0 Å². The minimum atomic E-state index is 1.10. The molecule has 0 fully saturated rings. The molecule has 0 atom stereocenters. The first kappa shape index (κ1) is 44.8. The van der Waals surface area contributed by atoms with Gasteiger partial charge in [-0.25, -0.2) is 0 Å². The maximum absolute atomic E-state index is 2.38. The molecule has 332 valence electrons. The zero-order valence-corrected chi connectivity index (χ0v) is 39.6. The molecule has 1 aromatic heterocycles. The summed E-state index contributed by atoms with van der Waals surface area (Å²) in [7, 11) is 0. The molecule has 0 saturated carbocycles. The largest absolute Gasteiger partial charge is 0.310 e. The van der Waals surface area contributed by atoms with E-state index in [1.165, 1.54) is 55.2 Å². The molecule has 0 saturated heterocycles. The van der Waals surface area contributed by atoms with Crippen LogP contribution in [0.4, 0.5) is 34.1 Å². The Morgan fingerprint density at radius 1 is 0.294 bits per heavy atom. The average molecular weight is 880 g/mol.